The Morgan fingerprint density at radius 2 is 1.28 bits per heavy atom. The molecule has 0 aromatic carbocycles. The van der Waals surface area contributed by atoms with Gasteiger partial charge in [-0.25, -0.2) is 0 Å². The van der Waals surface area contributed by atoms with Crippen molar-refractivity contribution in [3.63, 3.8) is 0 Å². The van der Waals surface area contributed by atoms with Gasteiger partial charge in [0.15, 0.2) is 6.29 Å². The zero-order valence-corrected chi connectivity index (χ0v) is 29.3. The molecule has 0 radical (unpaired) electrons. The first-order valence-corrected chi connectivity index (χ1v) is 18.4. The summed E-state index contributed by atoms with van der Waals surface area (Å²) in [5.74, 6) is -0.206. The van der Waals surface area contributed by atoms with E-state index in [2.05, 4.69) is 55.6 Å². The minimum absolute atomic E-state index is 0.206. The summed E-state index contributed by atoms with van der Waals surface area (Å²) in [5, 5.41) is 53.7. The number of allylic oxidation sites excluding steroid dienone is 7. The molecular formula is C38H67NO8. The maximum absolute atomic E-state index is 12.8. The molecule has 0 aromatic rings. The molecule has 0 saturated carbocycles. The monoisotopic (exact) mass is 665 g/mol. The minimum Gasteiger partial charge on any atom is -0.394 e. The van der Waals surface area contributed by atoms with E-state index in [1.165, 1.54) is 44.9 Å². The SMILES string of the molecule is CCCCC/C=C\C=C/CCCCCCCCC(=O)NC(COC1OC(CO)C(O)C(O)C1O)C(O)/C=C/CC/C=C/CCCCC. The maximum atomic E-state index is 12.8. The molecule has 1 heterocycles. The molecule has 7 unspecified atom stereocenters. The first kappa shape index (κ1) is 43.2. The first-order valence-electron chi connectivity index (χ1n) is 18.4. The van der Waals surface area contributed by atoms with Crippen LogP contribution in [0.25, 0.3) is 0 Å². The Balaban J connectivity index is 2.48. The second-order valence-electron chi connectivity index (χ2n) is 12.7. The predicted molar refractivity (Wildman–Crippen MR) is 189 cm³/mol. The standard InChI is InChI=1S/C38H67NO8/c1-3-5-7-9-11-13-14-15-16-17-18-20-22-24-26-28-34(42)39-31(32(41)27-25-23-21-19-12-10-8-6-4-2)30-46-38-37(45)36(44)35(43)33(29-40)47-38/h11-15,19,25,27,31-33,35-38,40-41,43-45H,3-10,16-18,20-24,26,28-30H2,1-2H3,(H,39,42)/b13-11-,15-14-,19-12+,27-25+. The van der Waals surface area contributed by atoms with Gasteiger partial charge in [0.2, 0.25) is 5.91 Å². The molecule has 1 aliphatic heterocycles. The highest BCUT2D eigenvalue weighted by Gasteiger charge is 2.44. The first-order chi connectivity index (χ1) is 22.8. The molecule has 0 spiro atoms. The van der Waals surface area contributed by atoms with Crippen LogP contribution in [0.3, 0.4) is 0 Å². The van der Waals surface area contributed by atoms with Crippen molar-refractivity contribution in [1.82, 2.24) is 5.32 Å². The summed E-state index contributed by atoms with van der Waals surface area (Å²) in [4.78, 5) is 12.8. The van der Waals surface area contributed by atoms with E-state index >= 15 is 0 Å². The molecule has 9 nitrogen and oxygen atoms in total. The van der Waals surface area contributed by atoms with Crippen molar-refractivity contribution in [3.8, 4) is 0 Å². The summed E-state index contributed by atoms with van der Waals surface area (Å²) in [6.07, 6.45) is 27.3. The van der Waals surface area contributed by atoms with Gasteiger partial charge >= 0.3 is 0 Å². The average Bonchev–Trinajstić information content (AvgIpc) is 3.07. The van der Waals surface area contributed by atoms with Crippen molar-refractivity contribution in [2.45, 2.75) is 172 Å². The van der Waals surface area contributed by atoms with Crippen LogP contribution in [0.4, 0.5) is 0 Å². The number of unbranched alkanes of at least 4 members (excludes halogenated alkanes) is 13. The number of rotatable bonds is 28. The van der Waals surface area contributed by atoms with Crippen LogP contribution in [-0.2, 0) is 14.3 Å². The molecule has 0 aliphatic carbocycles. The zero-order valence-electron chi connectivity index (χ0n) is 29.3. The normalized spacial score (nSPS) is 23.4. The van der Waals surface area contributed by atoms with E-state index in [0.717, 1.165) is 64.2 Å². The molecule has 47 heavy (non-hydrogen) atoms. The molecule has 9 heteroatoms. The molecular weight excluding hydrogens is 598 g/mol. The van der Waals surface area contributed by atoms with Crippen LogP contribution in [0.1, 0.15) is 129 Å². The van der Waals surface area contributed by atoms with Crippen molar-refractivity contribution in [2.75, 3.05) is 13.2 Å². The van der Waals surface area contributed by atoms with E-state index in [1.807, 2.05) is 6.08 Å². The highest BCUT2D eigenvalue weighted by Crippen LogP contribution is 2.22. The molecule has 1 aliphatic rings. The predicted octanol–water partition coefficient (Wildman–Crippen LogP) is 5.94. The van der Waals surface area contributed by atoms with Crippen molar-refractivity contribution in [3.05, 3.63) is 48.6 Å². The van der Waals surface area contributed by atoms with Crippen molar-refractivity contribution >= 4 is 5.91 Å². The van der Waals surface area contributed by atoms with E-state index in [9.17, 15) is 30.3 Å². The topological polar surface area (TPSA) is 149 Å². The summed E-state index contributed by atoms with van der Waals surface area (Å²) >= 11 is 0. The van der Waals surface area contributed by atoms with E-state index in [4.69, 9.17) is 9.47 Å². The lowest BCUT2D eigenvalue weighted by molar-refractivity contribution is -0.302. The summed E-state index contributed by atoms with van der Waals surface area (Å²) in [6.45, 7) is 3.62. The Bertz CT molecular complexity index is 874. The molecule has 0 bridgehead atoms. The van der Waals surface area contributed by atoms with Crippen LogP contribution in [0.15, 0.2) is 48.6 Å². The molecule has 6 N–H and O–H groups in total. The van der Waals surface area contributed by atoms with E-state index in [1.54, 1.807) is 6.08 Å². The van der Waals surface area contributed by atoms with Crippen LogP contribution < -0.4 is 5.32 Å². The van der Waals surface area contributed by atoms with Crippen molar-refractivity contribution < 1.29 is 39.8 Å². The van der Waals surface area contributed by atoms with Gasteiger partial charge in [0.1, 0.15) is 24.4 Å². The molecule has 1 rings (SSSR count). The Morgan fingerprint density at radius 3 is 1.91 bits per heavy atom. The Labute approximate surface area is 284 Å². The number of hydrogen-bond acceptors (Lipinski definition) is 8. The molecule has 7 atom stereocenters. The average molecular weight is 666 g/mol. The van der Waals surface area contributed by atoms with Gasteiger partial charge in [-0.1, -0.05) is 114 Å². The van der Waals surface area contributed by atoms with Gasteiger partial charge in [-0.05, 0) is 57.8 Å². The van der Waals surface area contributed by atoms with Crippen LogP contribution in [0, 0.1) is 0 Å². The second kappa shape index (κ2) is 29.1. The Morgan fingerprint density at radius 1 is 0.723 bits per heavy atom. The second-order valence-corrected chi connectivity index (χ2v) is 12.7. The molecule has 272 valence electrons. The highest BCUT2D eigenvalue weighted by molar-refractivity contribution is 5.76. The summed E-state index contributed by atoms with van der Waals surface area (Å²) in [7, 11) is 0. The van der Waals surface area contributed by atoms with Crippen LogP contribution >= 0.6 is 0 Å². The van der Waals surface area contributed by atoms with E-state index in [0.29, 0.717) is 6.42 Å². The fourth-order valence-corrected chi connectivity index (χ4v) is 5.33. The van der Waals surface area contributed by atoms with Crippen molar-refractivity contribution in [2.24, 2.45) is 0 Å². The van der Waals surface area contributed by atoms with Crippen molar-refractivity contribution in [1.29, 1.82) is 0 Å². The number of carbonyl (C=O) groups is 1. The Hall–Kier alpha value is -1.85. The number of amides is 1. The van der Waals surface area contributed by atoms with Crippen LogP contribution in [-0.4, -0.2) is 87.5 Å². The third-order valence-corrected chi connectivity index (χ3v) is 8.40. The van der Waals surface area contributed by atoms with Gasteiger partial charge in [0.25, 0.3) is 0 Å². The third-order valence-electron chi connectivity index (χ3n) is 8.40. The molecule has 0 aromatic heterocycles. The van der Waals surface area contributed by atoms with Gasteiger partial charge in [0.05, 0.1) is 25.4 Å². The number of ether oxygens (including phenoxy) is 2. The highest BCUT2D eigenvalue weighted by atomic mass is 16.7. The summed E-state index contributed by atoms with van der Waals surface area (Å²) < 4.78 is 11.1. The lowest BCUT2D eigenvalue weighted by Crippen LogP contribution is -2.60. The summed E-state index contributed by atoms with van der Waals surface area (Å²) in [6, 6.07) is -0.824. The largest absolute Gasteiger partial charge is 0.394 e. The number of hydrogen-bond donors (Lipinski definition) is 6. The fourth-order valence-electron chi connectivity index (χ4n) is 5.33. The number of nitrogens with one attached hydrogen (secondary N) is 1. The van der Waals surface area contributed by atoms with Gasteiger partial charge in [-0.2, -0.15) is 0 Å². The van der Waals surface area contributed by atoms with Crippen LogP contribution in [0.5, 0.6) is 0 Å². The zero-order chi connectivity index (χ0) is 34.5. The maximum Gasteiger partial charge on any atom is 0.220 e. The molecule has 1 amide bonds. The third kappa shape index (κ3) is 21.0. The fraction of sp³-hybridized carbons (Fsp3) is 0.763. The van der Waals surface area contributed by atoms with Gasteiger partial charge in [-0.3, -0.25) is 4.79 Å². The molecule has 1 saturated heterocycles. The van der Waals surface area contributed by atoms with E-state index in [-0.39, 0.29) is 12.5 Å². The number of aliphatic hydroxyl groups is 5. The minimum atomic E-state index is -1.57. The Kier molecular flexibility index (Phi) is 26.7. The van der Waals surface area contributed by atoms with E-state index < -0.39 is 49.5 Å². The van der Waals surface area contributed by atoms with Gasteiger partial charge in [0, 0.05) is 6.42 Å². The lowest BCUT2D eigenvalue weighted by Gasteiger charge is -2.40. The smallest absolute Gasteiger partial charge is 0.220 e. The quantitative estimate of drug-likeness (QED) is 0.0342. The van der Waals surface area contributed by atoms with Gasteiger partial charge < -0.3 is 40.3 Å². The molecule has 1 fully saturated rings. The summed E-state index contributed by atoms with van der Waals surface area (Å²) in [5.41, 5.74) is 0. The lowest BCUT2D eigenvalue weighted by atomic mass is 9.99. The van der Waals surface area contributed by atoms with Gasteiger partial charge in [-0.15, -0.1) is 0 Å². The van der Waals surface area contributed by atoms with Crippen LogP contribution in [0.2, 0.25) is 0 Å². The number of aliphatic hydroxyl groups excluding tert-OH is 5. The number of carbonyl (C=O) groups excluding carboxylic acids is 1.